The second-order valence-corrected chi connectivity index (χ2v) is 9.18. The van der Waals surface area contributed by atoms with Crippen LogP contribution in [0.4, 0.5) is 24.5 Å². The van der Waals surface area contributed by atoms with Crippen LogP contribution >= 0.6 is 0 Å². The predicted octanol–water partition coefficient (Wildman–Crippen LogP) is 3.71. The molecule has 0 amide bonds. The minimum Gasteiger partial charge on any atom is -0.277 e. The molecule has 0 atom stereocenters. The lowest BCUT2D eigenvalue weighted by Gasteiger charge is -2.14. The molecule has 0 saturated carbocycles. The van der Waals surface area contributed by atoms with E-state index < -0.39 is 42.4 Å². The number of benzene rings is 3. The average Bonchev–Trinajstić information content (AvgIpc) is 2.62. The summed E-state index contributed by atoms with van der Waals surface area (Å²) in [6.07, 6.45) is 0. The van der Waals surface area contributed by atoms with Gasteiger partial charge in [-0.25, -0.2) is 30.0 Å². The zero-order chi connectivity index (χ0) is 21.2. The molecule has 0 heterocycles. The number of anilines is 2. The average molecular weight is 442 g/mol. The van der Waals surface area contributed by atoms with Gasteiger partial charge in [-0.15, -0.1) is 0 Å². The van der Waals surface area contributed by atoms with Crippen molar-refractivity contribution >= 4 is 31.4 Å². The van der Waals surface area contributed by atoms with Crippen molar-refractivity contribution in [3.05, 3.63) is 84.2 Å². The number of sulfonamides is 2. The van der Waals surface area contributed by atoms with Crippen LogP contribution in [0.5, 0.6) is 0 Å². The second kappa shape index (κ2) is 7.76. The molecule has 0 aromatic heterocycles. The fourth-order valence-corrected chi connectivity index (χ4v) is 4.57. The summed E-state index contributed by atoms with van der Waals surface area (Å²) in [6, 6.07) is 11.2. The fraction of sp³-hybridized carbons (Fsp3) is 0. The van der Waals surface area contributed by atoms with Crippen molar-refractivity contribution in [2.75, 3.05) is 9.44 Å². The van der Waals surface area contributed by atoms with E-state index in [-0.39, 0.29) is 16.3 Å². The van der Waals surface area contributed by atoms with Crippen LogP contribution in [0.15, 0.2) is 76.5 Å². The Hall–Kier alpha value is -3.05. The topological polar surface area (TPSA) is 92.3 Å². The van der Waals surface area contributed by atoms with Gasteiger partial charge in [0.05, 0.1) is 21.2 Å². The maximum absolute atomic E-state index is 13.4. The molecule has 0 radical (unpaired) electrons. The minimum absolute atomic E-state index is 0.141. The van der Waals surface area contributed by atoms with Gasteiger partial charge in [0.1, 0.15) is 17.5 Å². The van der Waals surface area contributed by atoms with Crippen molar-refractivity contribution in [1.82, 2.24) is 0 Å². The molecular weight excluding hydrogens is 429 g/mol. The number of hydrogen-bond acceptors (Lipinski definition) is 4. The van der Waals surface area contributed by atoms with E-state index >= 15 is 0 Å². The van der Waals surface area contributed by atoms with Gasteiger partial charge in [0.25, 0.3) is 20.0 Å². The van der Waals surface area contributed by atoms with Gasteiger partial charge in [-0.3, -0.25) is 9.44 Å². The molecule has 3 rings (SSSR count). The Morgan fingerprint density at radius 1 is 0.552 bits per heavy atom. The standard InChI is InChI=1S/C18H13F3N2O4S2/c19-12-5-7-15(8-6-12)28(24,25)22-17-3-1-2-4-18(17)23-29(26,27)16-10-13(20)9-14(21)11-16/h1-11,22-23H. The Morgan fingerprint density at radius 3 is 1.48 bits per heavy atom. The van der Waals surface area contributed by atoms with Gasteiger partial charge < -0.3 is 0 Å². The molecule has 0 saturated heterocycles. The van der Waals surface area contributed by atoms with E-state index in [1.54, 1.807) is 0 Å². The quantitative estimate of drug-likeness (QED) is 0.609. The van der Waals surface area contributed by atoms with E-state index in [4.69, 9.17) is 0 Å². The van der Waals surface area contributed by atoms with Crippen LogP contribution in [0.3, 0.4) is 0 Å². The number of para-hydroxylation sites is 2. The smallest absolute Gasteiger partial charge is 0.262 e. The van der Waals surface area contributed by atoms with Crippen LogP contribution < -0.4 is 9.44 Å². The summed E-state index contributed by atoms with van der Waals surface area (Å²) in [6.45, 7) is 0. The summed E-state index contributed by atoms with van der Waals surface area (Å²) in [5.41, 5.74) is -0.319. The molecule has 2 N–H and O–H groups in total. The van der Waals surface area contributed by atoms with Gasteiger partial charge in [0.15, 0.2) is 0 Å². The number of rotatable bonds is 6. The molecule has 152 valence electrons. The summed E-state index contributed by atoms with van der Waals surface area (Å²) < 4.78 is 93.9. The molecule has 0 bridgehead atoms. The first kappa shape index (κ1) is 20.7. The van der Waals surface area contributed by atoms with Gasteiger partial charge in [0.2, 0.25) is 0 Å². The first-order valence-corrected chi connectivity index (χ1v) is 10.9. The van der Waals surface area contributed by atoms with Crippen LogP contribution in [0.2, 0.25) is 0 Å². The van der Waals surface area contributed by atoms with E-state index in [0.29, 0.717) is 18.2 Å². The fourth-order valence-electron chi connectivity index (χ4n) is 2.37. The van der Waals surface area contributed by atoms with E-state index in [0.717, 1.165) is 24.3 Å². The van der Waals surface area contributed by atoms with Crippen LogP contribution in [-0.4, -0.2) is 16.8 Å². The summed E-state index contributed by atoms with van der Waals surface area (Å²) in [4.78, 5) is -0.921. The molecule has 29 heavy (non-hydrogen) atoms. The molecule has 0 aliphatic rings. The predicted molar refractivity (Wildman–Crippen MR) is 101 cm³/mol. The molecule has 0 aliphatic carbocycles. The third-order valence-corrected chi connectivity index (χ3v) is 6.41. The third-order valence-electron chi connectivity index (χ3n) is 3.69. The molecule has 0 aliphatic heterocycles. The summed E-state index contributed by atoms with van der Waals surface area (Å²) >= 11 is 0. The van der Waals surface area contributed by atoms with Crippen LogP contribution in [0, 0.1) is 17.5 Å². The lowest BCUT2D eigenvalue weighted by atomic mass is 10.3. The van der Waals surface area contributed by atoms with Crippen LogP contribution in [0.1, 0.15) is 0 Å². The Balaban J connectivity index is 1.94. The van der Waals surface area contributed by atoms with Gasteiger partial charge in [0, 0.05) is 6.07 Å². The maximum atomic E-state index is 13.4. The van der Waals surface area contributed by atoms with Gasteiger partial charge in [-0.1, -0.05) is 12.1 Å². The Kier molecular flexibility index (Phi) is 5.53. The molecule has 3 aromatic carbocycles. The number of halogens is 3. The van der Waals surface area contributed by atoms with Crippen molar-refractivity contribution in [2.45, 2.75) is 9.79 Å². The van der Waals surface area contributed by atoms with Crippen molar-refractivity contribution in [3.8, 4) is 0 Å². The SMILES string of the molecule is O=S(=O)(Nc1ccccc1NS(=O)(=O)c1cc(F)cc(F)c1)c1ccc(F)cc1. The first-order chi connectivity index (χ1) is 13.6. The van der Waals surface area contributed by atoms with E-state index in [1.807, 2.05) is 0 Å². The van der Waals surface area contributed by atoms with Crippen LogP contribution in [-0.2, 0) is 20.0 Å². The Morgan fingerprint density at radius 2 is 1.00 bits per heavy atom. The normalized spacial score (nSPS) is 11.8. The zero-order valence-corrected chi connectivity index (χ0v) is 16.1. The van der Waals surface area contributed by atoms with Crippen LogP contribution in [0.25, 0.3) is 0 Å². The molecule has 0 spiro atoms. The highest BCUT2D eigenvalue weighted by Crippen LogP contribution is 2.27. The maximum Gasteiger partial charge on any atom is 0.262 e. The lowest BCUT2D eigenvalue weighted by molar-refractivity contribution is 0.568. The molecule has 0 fully saturated rings. The molecule has 6 nitrogen and oxygen atoms in total. The molecule has 11 heteroatoms. The number of nitrogens with one attached hydrogen (secondary N) is 2. The number of hydrogen-bond donors (Lipinski definition) is 2. The molecule has 3 aromatic rings. The zero-order valence-electron chi connectivity index (χ0n) is 14.4. The highest BCUT2D eigenvalue weighted by Gasteiger charge is 2.21. The lowest BCUT2D eigenvalue weighted by Crippen LogP contribution is -2.18. The third kappa shape index (κ3) is 4.87. The highest BCUT2D eigenvalue weighted by molar-refractivity contribution is 7.93. The van der Waals surface area contributed by atoms with Crippen molar-refractivity contribution in [3.63, 3.8) is 0 Å². The van der Waals surface area contributed by atoms with E-state index in [9.17, 15) is 30.0 Å². The summed E-state index contributed by atoms with van der Waals surface area (Å²) in [5, 5.41) is 0. The minimum atomic E-state index is -4.42. The molecular formula is C18H13F3N2O4S2. The van der Waals surface area contributed by atoms with Crippen molar-refractivity contribution < 1.29 is 30.0 Å². The van der Waals surface area contributed by atoms with E-state index in [2.05, 4.69) is 9.44 Å². The summed E-state index contributed by atoms with van der Waals surface area (Å²) in [5.74, 6) is -2.80. The largest absolute Gasteiger partial charge is 0.277 e. The first-order valence-electron chi connectivity index (χ1n) is 7.93. The van der Waals surface area contributed by atoms with Gasteiger partial charge >= 0.3 is 0 Å². The van der Waals surface area contributed by atoms with E-state index in [1.165, 1.54) is 24.3 Å². The Labute approximate surface area is 165 Å². The summed E-state index contributed by atoms with van der Waals surface area (Å²) in [7, 11) is -8.58. The van der Waals surface area contributed by atoms with Gasteiger partial charge in [-0.05, 0) is 48.5 Å². The second-order valence-electron chi connectivity index (χ2n) is 5.82. The molecule has 0 unspecified atom stereocenters. The monoisotopic (exact) mass is 442 g/mol. The highest BCUT2D eigenvalue weighted by atomic mass is 32.2. The van der Waals surface area contributed by atoms with Crippen molar-refractivity contribution in [2.24, 2.45) is 0 Å². The van der Waals surface area contributed by atoms with Gasteiger partial charge in [-0.2, -0.15) is 0 Å². The van der Waals surface area contributed by atoms with Crippen molar-refractivity contribution in [1.29, 1.82) is 0 Å². The Bertz CT molecular complexity index is 1240.